The molecule has 0 aromatic carbocycles. The smallest absolute Gasteiger partial charge is 0.171 e. The minimum Gasteiger partial charge on any atom is -0.382 e. The van der Waals surface area contributed by atoms with E-state index in [0.717, 1.165) is 30.7 Å². The van der Waals surface area contributed by atoms with E-state index in [1.807, 2.05) is 0 Å². The lowest BCUT2D eigenvalue weighted by Crippen LogP contribution is -2.30. The zero-order valence-corrected chi connectivity index (χ0v) is 9.39. The van der Waals surface area contributed by atoms with Crippen LogP contribution < -0.4 is 0 Å². The summed E-state index contributed by atoms with van der Waals surface area (Å²) in [5.41, 5.74) is -0.668. The van der Waals surface area contributed by atoms with Crippen molar-refractivity contribution < 1.29 is 5.11 Å². The molecule has 0 radical (unpaired) electrons. The van der Waals surface area contributed by atoms with Gasteiger partial charge in [-0.3, -0.25) is 0 Å². The van der Waals surface area contributed by atoms with Crippen LogP contribution in [-0.2, 0) is 5.60 Å². The van der Waals surface area contributed by atoms with Gasteiger partial charge in [0.25, 0.3) is 0 Å². The van der Waals surface area contributed by atoms with Crippen molar-refractivity contribution in [3.63, 3.8) is 0 Å². The molecule has 0 spiro atoms. The summed E-state index contributed by atoms with van der Waals surface area (Å²) in [6.45, 7) is 0. The van der Waals surface area contributed by atoms with E-state index in [9.17, 15) is 5.11 Å². The predicted molar refractivity (Wildman–Crippen MR) is 56.5 cm³/mol. The van der Waals surface area contributed by atoms with E-state index in [1.54, 1.807) is 0 Å². The summed E-state index contributed by atoms with van der Waals surface area (Å²) < 4.78 is 0.653. The number of hydrogen-bond acceptors (Lipinski definition) is 5. The van der Waals surface area contributed by atoms with E-state index >= 15 is 0 Å². The van der Waals surface area contributed by atoms with Gasteiger partial charge in [-0.15, -0.1) is 22.8 Å². The number of hydrogen-bond donors (Lipinski definition) is 2. The summed E-state index contributed by atoms with van der Waals surface area (Å²) >= 11 is 5.57. The summed E-state index contributed by atoms with van der Waals surface area (Å²) in [6, 6.07) is 0. The number of nitrogens with zero attached hydrogens (tertiary/aromatic N) is 2. The molecule has 2 fully saturated rings. The maximum absolute atomic E-state index is 10.6. The second-order valence-corrected chi connectivity index (χ2v) is 5.97. The van der Waals surface area contributed by atoms with Gasteiger partial charge in [0, 0.05) is 0 Å². The highest BCUT2D eigenvalue weighted by molar-refractivity contribution is 7.82. The molecular weight excluding hydrogens is 216 g/mol. The highest BCUT2D eigenvalue weighted by atomic mass is 32.2. The van der Waals surface area contributed by atoms with E-state index in [-0.39, 0.29) is 0 Å². The standard InChI is InChI=1S/C9H12N2OS2/c12-9(5-1-2-5,6-3-4-6)7-10-11-8(13)14-7/h5-6,12H,1-4H2,(H,11,13). The van der Waals surface area contributed by atoms with Crippen LogP contribution in [0.2, 0.25) is 0 Å². The van der Waals surface area contributed by atoms with Crippen LogP contribution in [0.15, 0.2) is 4.34 Å². The van der Waals surface area contributed by atoms with Crippen LogP contribution in [-0.4, -0.2) is 15.3 Å². The third-order valence-corrected chi connectivity index (χ3v) is 4.39. The van der Waals surface area contributed by atoms with E-state index in [4.69, 9.17) is 0 Å². The fourth-order valence-electron chi connectivity index (χ4n) is 2.11. The van der Waals surface area contributed by atoms with E-state index in [2.05, 4.69) is 22.8 Å². The molecule has 5 heteroatoms. The molecule has 0 atom stereocenters. The lowest BCUT2D eigenvalue weighted by molar-refractivity contribution is -0.0110. The Balaban J connectivity index is 1.98. The molecule has 3 nitrogen and oxygen atoms in total. The van der Waals surface area contributed by atoms with E-state index in [1.165, 1.54) is 11.3 Å². The Bertz CT molecular complexity index is 345. The lowest BCUT2D eigenvalue weighted by atomic mass is 9.93. The van der Waals surface area contributed by atoms with Gasteiger partial charge in [0.2, 0.25) is 0 Å². The molecule has 1 aromatic heterocycles. The summed E-state index contributed by atoms with van der Waals surface area (Å²) in [5, 5.41) is 19.4. The molecular formula is C9H12N2OS2. The molecule has 0 amide bonds. The fourth-order valence-corrected chi connectivity index (χ4v) is 3.24. The van der Waals surface area contributed by atoms with Crippen LogP contribution in [0.3, 0.4) is 0 Å². The van der Waals surface area contributed by atoms with Crippen molar-refractivity contribution in [3.05, 3.63) is 5.01 Å². The molecule has 1 N–H and O–H groups in total. The third-order valence-electron chi connectivity index (χ3n) is 3.16. The Kier molecular flexibility index (Phi) is 1.91. The Labute approximate surface area is 92.0 Å². The van der Waals surface area contributed by atoms with Crippen molar-refractivity contribution in [2.24, 2.45) is 11.8 Å². The summed E-state index contributed by atoms with van der Waals surface area (Å²) in [7, 11) is 0. The Hall–Kier alpha value is -0.130. The van der Waals surface area contributed by atoms with Gasteiger partial charge < -0.3 is 5.11 Å². The van der Waals surface area contributed by atoms with Crippen molar-refractivity contribution in [3.8, 4) is 0 Å². The first kappa shape index (κ1) is 9.12. The van der Waals surface area contributed by atoms with Gasteiger partial charge in [-0.25, -0.2) is 0 Å². The molecule has 1 heterocycles. The second-order valence-electron chi connectivity index (χ2n) is 4.26. The summed E-state index contributed by atoms with van der Waals surface area (Å²) in [6.07, 6.45) is 4.53. The first-order chi connectivity index (χ1) is 6.71. The second kappa shape index (κ2) is 2.93. The molecule has 2 aliphatic carbocycles. The zero-order chi connectivity index (χ0) is 9.76. The van der Waals surface area contributed by atoms with Gasteiger partial charge in [-0.2, -0.15) is 0 Å². The summed E-state index contributed by atoms with van der Waals surface area (Å²) in [4.78, 5) is 0. The van der Waals surface area contributed by atoms with Gasteiger partial charge in [-0.1, -0.05) is 11.3 Å². The van der Waals surface area contributed by atoms with Gasteiger partial charge in [0.05, 0.1) is 0 Å². The Morgan fingerprint density at radius 2 is 1.79 bits per heavy atom. The molecule has 3 rings (SSSR count). The number of rotatable bonds is 3. The summed E-state index contributed by atoms with van der Waals surface area (Å²) in [5.74, 6) is 0.853. The van der Waals surface area contributed by atoms with Crippen LogP contribution in [0, 0.1) is 11.8 Å². The monoisotopic (exact) mass is 228 g/mol. The molecule has 76 valence electrons. The highest BCUT2D eigenvalue weighted by Crippen LogP contribution is 2.57. The topological polar surface area (TPSA) is 46.0 Å². The zero-order valence-electron chi connectivity index (χ0n) is 7.68. The quantitative estimate of drug-likeness (QED) is 0.776. The Morgan fingerprint density at radius 3 is 2.14 bits per heavy atom. The van der Waals surface area contributed by atoms with Gasteiger partial charge >= 0.3 is 0 Å². The maximum atomic E-state index is 10.6. The van der Waals surface area contributed by atoms with Crippen LogP contribution >= 0.6 is 24.0 Å². The van der Waals surface area contributed by atoms with Crippen molar-refractivity contribution in [2.45, 2.75) is 35.6 Å². The van der Waals surface area contributed by atoms with Crippen LogP contribution in [0.5, 0.6) is 0 Å². The molecule has 0 unspecified atom stereocenters. The minimum absolute atomic E-state index is 0.427. The SMILES string of the molecule is OC(c1nnc(S)s1)(C1CC1)C1CC1. The van der Waals surface area contributed by atoms with Gasteiger partial charge in [0.1, 0.15) is 5.60 Å². The third kappa shape index (κ3) is 1.30. The predicted octanol–water partition coefficient (Wildman–Crippen LogP) is 1.83. The van der Waals surface area contributed by atoms with Crippen LogP contribution in [0.4, 0.5) is 0 Å². The van der Waals surface area contributed by atoms with Gasteiger partial charge in [-0.05, 0) is 37.5 Å². The van der Waals surface area contributed by atoms with E-state index < -0.39 is 5.60 Å². The molecule has 0 aliphatic heterocycles. The molecule has 1 aromatic rings. The number of aromatic nitrogens is 2. The van der Waals surface area contributed by atoms with E-state index in [0.29, 0.717) is 16.2 Å². The molecule has 2 saturated carbocycles. The Morgan fingerprint density at radius 1 is 1.21 bits per heavy atom. The van der Waals surface area contributed by atoms with Crippen molar-refractivity contribution >= 4 is 24.0 Å². The minimum atomic E-state index is -0.668. The normalized spacial score (nSPS) is 22.7. The van der Waals surface area contributed by atoms with Crippen molar-refractivity contribution in [1.82, 2.24) is 10.2 Å². The van der Waals surface area contributed by atoms with Crippen LogP contribution in [0.1, 0.15) is 30.7 Å². The highest BCUT2D eigenvalue weighted by Gasteiger charge is 2.56. The first-order valence-corrected chi connectivity index (χ1v) is 6.23. The average Bonchev–Trinajstić information content (AvgIpc) is 3.01. The average molecular weight is 228 g/mol. The lowest BCUT2D eigenvalue weighted by Gasteiger charge is -2.24. The molecule has 2 aliphatic rings. The fraction of sp³-hybridized carbons (Fsp3) is 0.778. The van der Waals surface area contributed by atoms with Crippen LogP contribution in [0.25, 0.3) is 0 Å². The maximum Gasteiger partial charge on any atom is 0.171 e. The largest absolute Gasteiger partial charge is 0.382 e. The van der Waals surface area contributed by atoms with Crippen molar-refractivity contribution in [2.75, 3.05) is 0 Å². The number of aliphatic hydroxyl groups is 1. The van der Waals surface area contributed by atoms with Crippen molar-refractivity contribution in [1.29, 1.82) is 0 Å². The number of thiol groups is 1. The molecule has 14 heavy (non-hydrogen) atoms. The molecule has 0 saturated heterocycles. The first-order valence-electron chi connectivity index (χ1n) is 4.96. The van der Waals surface area contributed by atoms with Gasteiger partial charge in [0.15, 0.2) is 9.35 Å². The molecule has 0 bridgehead atoms.